The van der Waals surface area contributed by atoms with Crippen LogP contribution >= 0.6 is 15.9 Å². The van der Waals surface area contributed by atoms with Gasteiger partial charge in [0.05, 0.1) is 0 Å². The maximum atomic E-state index is 10.8. The van der Waals surface area contributed by atoms with E-state index in [1.54, 1.807) is 0 Å². The summed E-state index contributed by atoms with van der Waals surface area (Å²) in [5.74, 6) is -0.296. The molecule has 2 nitrogen and oxygen atoms in total. The van der Waals surface area contributed by atoms with Crippen molar-refractivity contribution in [3.05, 3.63) is 0 Å². The van der Waals surface area contributed by atoms with Crippen LogP contribution in [0.25, 0.3) is 0 Å². The van der Waals surface area contributed by atoms with Gasteiger partial charge in [-0.05, 0) is 0 Å². The zero-order valence-corrected chi connectivity index (χ0v) is 9.68. The first kappa shape index (κ1) is 10.9. The van der Waals surface area contributed by atoms with Crippen molar-refractivity contribution >= 4 is 30.4 Å². The second kappa shape index (κ2) is 5.50. The van der Waals surface area contributed by atoms with E-state index in [0.29, 0.717) is 9.56 Å². The Morgan fingerprint density at radius 2 is 2.10 bits per heavy atom. The molecule has 0 aliphatic rings. The number of methoxy groups -OCH3 is 1. The maximum absolute atomic E-state index is 10.8. The van der Waals surface area contributed by atoms with Gasteiger partial charge in [-0.15, -0.1) is 0 Å². The molecule has 0 unspecified atom stereocenters. The van der Waals surface area contributed by atoms with Gasteiger partial charge in [-0.2, -0.15) is 0 Å². The molecule has 54 valence electrons. The van der Waals surface area contributed by atoms with Gasteiger partial charge in [-0.25, -0.2) is 0 Å². The number of alkyl halides is 1. The van der Waals surface area contributed by atoms with E-state index in [4.69, 9.17) is 0 Å². The Hall–Kier alpha value is 0.859. The number of hydrogen-bond donors (Lipinski definition) is 0. The second-order valence-corrected chi connectivity index (χ2v) is 3.52. The van der Waals surface area contributed by atoms with Crippen LogP contribution in [0, 0.1) is 0 Å². The Morgan fingerprint density at radius 1 is 1.60 bits per heavy atom. The summed E-state index contributed by atoms with van der Waals surface area (Å²) in [5, 5.41) is 0.673. The van der Waals surface area contributed by atoms with Gasteiger partial charge in [0.15, 0.2) is 0 Å². The van der Waals surface area contributed by atoms with Crippen LogP contribution in [0.1, 0.15) is 0 Å². The number of hydrogen-bond acceptors (Lipinski definition) is 2. The van der Waals surface area contributed by atoms with Gasteiger partial charge in [-0.1, -0.05) is 0 Å². The van der Waals surface area contributed by atoms with E-state index in [-0.39, 0.29) is 5.97 Å². The third kappa shape index (κ3) is 3.31. The molecule has 0 heterocycles. The predicted molar refractivity (Wildman–Crippen MR) is 35.8 cm³/mol. The van der Waals surface area contributed by atoms with Gasteiger partial charge in [0, 0.05) is 0 Å². The molecule has 0 aromatic heterocycles. The van der Waals surface area contributed by atoms with Crippen LogP contribution < -0.4 is 0 Å². The van der Waals surface area contributed by atoms with Crippen molar-refractivity contribution in [2.24, 2.45) is 0 Å². The van der Waals surface area contributed by atoms with E-state index in [0.717, 1.165) is 4.23 Å². The second-order valence-electron chi connectivity index (χ2n) is 1.42. The molecule has 0 atom stereocenters. The van der Waals surface area contributed by atoms with Crippen LogP contribution in [-0.4, -0.2) is 26.9 Å². The Bertz CT molecular complexity index is 160. The van der Waals surface area contributed by atoms with E-state index in [1.165, 1.54) is 7.11 Å². The van der Waals surface area contributed by atoms with Crippen LogP contribution in [0.3, 0.4) is 0 Å². The molecule has 0 bridgehead atoms. The molecule has 0 spiro atoms. The SMILES string of the molecule is COC(=O)[C](=[V])[C](=[V])CBr. The van der Waals surface area contributed by atoms with E-state index >= 15 is 0 Å². The Morgan fingerprint density at radius 3 is 2.40 bits per heavy atom. The van der Waals surface area contributed by atoms with Crippen molar-refractivity contribution in [3.8, 4) is 0 Å². The van der Waals surface area contributed by atoms with Gasteiger partial charge in [0.1, 0.15) is 0 Å². The molecule has 0 amide bonds. The van der Waals surface area contributed by atoms with Crippen molar-refractivity contribution in [2.75, 3.05) is 12.4 Å². The predicted octanol–water partition coefficient (Wildman–Crippen LogP) is -0.00730. The first-order valence-corrected chi connectivity index (χ1v) is 4.90. The summed E-state index contributed by atoms with van der Waals surface area (Å²) in [6.07, 6.45) is 0. The summed E-state index contributed by atoms with van der Waals surface area (Å²) in [4.78, 5) is 10.8. The fraction of sp³-hybridized carbons (Fsp3) is 0.400. The van der Waals surface area contributed by atoms with Crippen LogP contribution in [0.4, 0.5) is 0 Å². The number of ether oxygens (including phenoxy) is 1. The van der Waals surface area contributed by atoms with Crippen molar-refractivity contribution in [2.45, 2.75) is 0 Å². The molecular formula is C5H5BrO2V2. The van der Waals surface area contributed by atoms with E-state index in [2.05, 4.69) is 54.6 Å². The third-order valence-electron chi connectivity index (χ3n) is 0.779. The average molecular weight is 279 g/mol. The third-order valence-corrected chi connectivity index (χ3v) is 3.79. The molecule has 0 saturated heterocycles. The van der Waals surface area contributed by atoms with Crippen LogP contribution in [0.5, 0.6) is 0 Å². The fourth-order valence-electron chi connectivity index (χ4n) is 0.278. The van der Waals surface area contributed by atoms with Crippen molar-refractivity contribution in [1.82, 2.24) is 0 Å². The molecule has 0 aliphatic heterocycles. The van der Waals surface area contributed by atoms with E-state index in [1.807, 2.05) is 0 Å². The summed E-state index contributed by atoms with van der Waals surface area (Å²) in [7, 11) is 1.37. The number of rotatable bonds is 3. The molecule has 0 radical (unpaired) electrons. The molecule has 0 fully saturated rings. The Labute approximate surface area is 85.8 Å². The number of carbonyl (C=O) groups is 1. The molecule has 0 rings (SSSR count). The molecular weight excluding hydrogens is 274 g/mol. The Kier molecular flexibility index (Phi) is 5.97. The summed E-state index contributed by atoms with van der Waals surface area (Å²) in [6, 6.07) is 0. The normalized spacial score (nSPS) is 8.40. The topological polar surface area (TPSA) is 26.3 Å². The van der Waals surface area contributed by atoms with Crippen molar-refractivity contribution in [3.63, 3.8) is 0 Å². The standard InChI is InChI=1S/C5H5BrO2.2V/c1-8-5(7)3-2-4-6;;/h4H2,1H3;;. The van der Waals surface area contributed by atoms with Crippen LogP contribution in [0.15, 0.2) is 0 Å². The Balaban J connectivity index is 4.09. The van der Waals surface area contributed by atoms with E-state index in [9.17, 15) is 4.79 Å². The zero-order valence-electron chi connectivity index (χ0n) is 5.30. The first-order valence-electron chi connectivity index (χ1n) is 2.38. The van der Waals surface area contributed by atoms with Crippen LogP contribution in [0.2, 0.25) is 0 Å². The summed E-state index contributed by atoms with van der Waals surface area (Å²) >= 11 is 7.73. The molecule has 0 saturated carbocycles. The van der Waals surface area contributed by atoms with Crippen LogP contribution in [-0.2, 0) is 43.5 Å². The van der Waals surface area contributed by atoms with E-state index < -0.39 is 0 Å². The molecule has 0 N–H and O–H groups in total. The fourth-order valence-corrected chi connectivity index (χ4v) is 1.31. The molecule has 0 aliphatic carbocycles. The minimum absolute atomic E-state index is 0.296. The number of carbonyl (C=O) groups excluding carboxylic acids is 1. The average Bonchev–Trinajstić information content (AvgIpc) is 2.00. The zero-order chi connectivity index (χ0) is 8.15. The van der Waals surface area contributed by atoms with Gasteiger partial charge >= 0.3 is 86.3 Å². The quantitative estimate of drug-likeness (QED) is 0.536. The number of halogens is 1. The molecule has 5 heteroatoms. The number of esters is 1. The van der Waals surface area contributed by atoms with Gasteiger partial charge < -0.3 is 0 Å². The van der Waals surface area contributed by atoms with Gasteiger partial charge in [-0.3, -0.25) is 0 Å². The summed E-state index contributed by atoms with van der Waals surface area (Å²) < 4.78 is 6.00. The summed E-state index contributed by atoms with van der Waals surface area (Å²) in [5.41, 5.74) is 0. The first-order chi connectivity index (χ1) is 4.63. The van der Waals surface area contributed by atoms with Crippen molar-refractivity contribution < 1.29 is 43.5 Å². The molecule has 0 aromatic rings. The molecule has 0 aromatic carbocycles. The molecule has 10 heavy (non-hydrogen) atoms. The van der Waals surface area contributed by atoms with Gasteiger partial charge in [0.25, 0.3) is 0 Å². The van der Waals surface area contributed by atoms with Gasteiger partial charge in [0.2, 0.25) is 0 Å². The van der Waals surface area contributed by atoms with Crippen molar-refractivity contribution in [1.29, 1.82) is 0 Å². The summed E-state index contributed by atoms with van der Waals surface area (Å²) in [6.45, 7) is 0. The monoisotopic (exact) mass is 278 g/mol. The minimum atomic E-state index is -0.296.